The molecule has 3 N–H and O–H groups in total. The molecular weight excluding hydrogens is 1230 g/mol. The number of aliphatic hydroxyl groups is 1. The third kappa shape index (κ3) is 67.3. The van der Waals surface area contributed by atoms with Crippen molar-refractivity contribution in [2.45, 2.75) is 412 Å². The molecule has 0 aliphatic rings. The number of phosphoric acid groups is 2. The highest BCUT2D eigenvalue weighted by Gasteiger charge is 2.30. The Bertz CT molecular complexity index is 1810. The molecule has 0 heterocycles. The van der Waals surface area contributed by atoms with Crippen LogP contribution >= 0.6 is 15.6 Å². The first-order valence-corrected chi connectivity index (χ1v) is 42.2. The Balaban J connectivity index is 5.21. The first kappa shape index (κ1) is 92.1. The summed E-state index contributed by atoms with van der Waals surface area (Å²) in [6.07, 6.45) is 56.8. The Morgan fingerprint density at radius 3 is 0.755 bits per heavy atom. The Morgan fingerprint density at radius 2 is 0.511 bits per heavy atom. The number of carbonyl (C=O) groups excluding carboxylic acids is 4. The van der Waals surface area contributed by atoms with Crippen molar-refractivity contribution in [1.82, 2.24) is 0 Å². The van der Waals surface area contributed by atoms with Gasteiger partial charge in [0, 0.05) is 25.7 Å². The second-order valence-electron chi connectivity index (χ2n) is 27.3. The zero-order chi connectivity index (χ0) is 69.1. The van der Waals surface area contributed by atoms with Crippen LogP contribution in [0.4, 0.5) is 0 Å². The number of hydrogen-bond donors (Lipinski definition) is 3. The summed E-state index contributed by atoms with van der Waals surface area (Å²) in [5.74, 6) is -1.27. The number of carbonyl (C=O) groups is 4. The van der Waals surface area contributed by atoms with E-state index in [-0.39, 0.29) is 25.7 Å². The van der Waals surface area contributed by atoms with Gasteiger partial charge in [0.1, 0.15) is 19.3 Å². The molecule has 0 radical (unpaired) electrons. The fourth-order valence-corrected chi connectivity index (χ4v) is 13.1. The van der Waals surface area contributed by atoms with E-state index >= 15 is 0 Å². The molecule has 94 heavy (non-hydrogen) atoms. The van der Waals surface area contributed by atoms with Crippen molar-refractivity contribution in [1.29, 1.82) is 0 Å². The minimum Gasteiger partial charge on any atom is -0.462 e. The van der Waals surface area contributed by atoms with Gasteiger partial charge < -0.3 is 33.8 Å². The minimum absolute atomic E-state index is 0.107. The number of unbranched alkanes of at least 4 members (excludes halogenated alkanes) is 46. The maximum atomic E-state index is 13.1. The van der Waals surface area contributed by atoms with Crippen molar-refractivity contribution in [3.05, 3.63) is 0 Å². The lowest BCUT2D eigenvalue weighted by molar-refractivity contribution is -0.161. The molecule has 0 saturated carbocycles. The van der Waals surface area contributed by atoms with Gasteiger partial charge in [0.15, 0.2) is 12.2 Å². The fraction of sp³-hybridized carbons (Fsp3) is 0.947. The van der Waals surface area contributed by atoms with Crippen molar-refractivity contribution in [3.63, 3.8) is 0 Å². The maximum absolute atomic E-state index is 13.1. The number of esters is 4. The molecule has 17 nitrogen and oxygen atoms in total. The number of phosphoric ester groups is 2. The predicted octanol–water partition coefficient (Wildman–Crippen LogP) is 22.1. The van der Waals surface area contributed by atoms with Gasteiger partial charge in [-0.05, 0) is 31.6 Å². The fourth-order valence-electron chi connectivity index (χ4n) is 11.5. The average Bonchev–Trinajstić information content (AvgIpc) is 2.55. The van der Waals surface area contributed by atoms with Gasteiger partial charge in [-0.3, -0.25) is 37.3 Å². The number of ether oxygens (including phenoxy) is 4. The molecule has 0 spiro atoms. The standard InChI is InChI=1S/C75H146O17P2/c1-6-10-13-16-19-22-24-26-27-28-32-36-39-44-49-54-59-73(78)86-65-71(92-75(80)61-56-51-46-41-37-33-30-29-31-34-38-42-47-52-57-68(5)9-4)67-90-94(83,84)88-63-69(76)62-87-93(81,82)89-66-70(64-85-72(77)58-53-48-43-21-18-15-12-8-3)91-74(79)60-55-50-45-40-35-25-23-20-17-14-11-7-2/h68-71,76H,6-67H2,1-5H3,(H,81,82)(H,83,84)/t68?,69-,70+,71+/m0/s1. The van der Waals surface area contributed by atoms with E-state index in [9.17, 15) is 43.2 Å². The molecule has 0 rings (SSSR count). The van der Waals surface area contributed by atoms with Gasteiger partial charge in [-0.15, -0.1) is 0 Å². The van der Waals surface area contributed by atoms with Crippen LogP contribution in [0.3, 0.4) is 0 Å². The molecule has 0 amide bonds. The monoisotopic (exact) mass is 1380 g/mol. The van der Waals surface area contributed by atoms with Gasteiger partial charge >= 0.3 is 39.5 Å². The summed E-state index contributed by atoms with van der Waals surface area (Å²) in [5.41, 5.74) is 0. The lowest BCUT2D eigenvalue weighted by Crippen LogP contribution is -2.30. The molecule has 558 valence electrons. The van der Waals surface area contributed by atoms with Crippen LogP contribution in [0, 0.1) is 5.92 Å². The molecule has 0 bridgehead atoms. The Kier molecular flexibility index (Phi) is 66.8. The maximum Gasteiger partial charge on any atom is 0.472 e. The molecule has 0 aromatic heterocycles. The van der Waals surface area contributed by atoms with E-state index in [1.165, 1.54) is 212 Å². The molecule has 0 aromatic carbocycles. The molecule has 19 heteroatoms. The molecular formula is C75H146O17P2. The summed E-state index contributed by atoms with van der Waals surface area (Å²) in [7, 11) is -9.90. The van der Waals surface area contributed by atoms with Crippen LogP contribution in [0.2, 0.25) is 0 Å². The summed E-state index contributed by atoms with van der Waals surface area (Å²) >= 11 is 0. The highest BCUT2D eigenvalue weighted by Crippen LogP contribution is 2.45. The van der Waals surface area contributed by atoms with E-state index in [0.29, 0.717) is 25.7 Å². The van der Waals surface area contributed by atoms with Crippen molar-refractivity contribution >= 4 is 39.5 Å². The van der Waals surface area contributed by atoms with Crippen LogP contribution in [-0.4, -0.2) is 96.7 Å². The minimum atomic E-state index is -4.96. The molecule has 0 aliphatic heterocycles. The van der Waals surface area contributed by atoms with E-state index in [1.807, 2.05) is 0 Å². The normalized spacial score (nSPS) is 14.3. The Hall–Kier alpha value is -1.94. The zero-order valence-corrected chi connectivity index (χ0v) is 62.9. The lowest BCUT2D eigenvalue weighted by atomic mass is 9.99. The zero-order valence-electron chi connectivity index (χ0n) is 61.1. The summed E-state index contributed by atoms with van der Waals surface area (Å²) in [6.45, 7) is 7.32. The van der Waals surface area contributed by atoms with Crippen molar-refractivity contribution in [2.75, 3.05) is 39.6 Å². The number of rotatable bonds is 75. The van der Waals surface area contributed by atoms with Gasteiger partial charge in [-0.25, -0.2) is 9.13 Å². The van der Waals surface area contributed by atoms with Crippen LogP contribution < -0.4 is 0 Å². The van der Waals surface area contributed by atoms with Gasteiger partial charge in [-0.1, -0.05) is 343 Å². The summed E-state index contributed by atoms with van der Waals surface area (Å²) in [6, 6.07) is 0. The van der Waals surface area contributed by atoms with Crippen LogP contribution in [0.15, 0.2) is 0 Å². The third-order valence-corrected chi connectivity index (χ3v) is 19.8. The highest BCUT2D eigenvalue weighted by molar-refractivity contribution is 7.47. The molecule has 0 saturated heterocycles. The second kappa shape index (κ2) is 68.2. The summed E-state index contributed by atoms with van der Waals surface area (Å²) < 4.78 is 68.4. The summed E-state index contributed by atoms with van der Waals surface area (Å²) in [5, 5.41) is 10.6. The quantitative estimate of drug-likeness (QED) is 0.0222. The molecule has 3 unspecified atom stereocenters. The molecule has 0 aliphatic carbocycles. The van der Waals surface area contributed by atoms with Gasteiger partial charge in [0.25, 0.3) is 0 Å². The van der Waals surface area contributed by atoms with Crippen LogP contribution in [0.5, 0.6) is 0 Å². The second-order valence-corrected chi connectivity index (χ2v) is 30.2. The Labute approximate surface area is 575 Å². The topological polar surface area (TPSA) is 237 Å². The molecule has 0 aromatic rings. The van der Waals surface area contributed by atoms with Crippen LogP contribution in [-0.2, 0) is 65.4 Å². The van der Waals surface area contributed by atoms with E-state index in [4.69, 9.17) is 37.0 Å². The van der Waals surface area contributed by atoms with Crippen molar-refractivity contribution < 1.29 is 80.2 Å². The smallest absolute Gasteiger partial charge is 0.462 e. The Morgan fingerprint density at radius 1 is 0.298 bits per heavy atom. The lowest BCUT2D eigenvalue weighted by Gasteiger charge is -2.21. The van der Waals surface area contributed by atoms with Gasteiger partial charge in [0.2, 0.25) is 0 Å². The number of hydrogen-bond acceptors (Lipinski definition) is 15. The third-order valence-electron chi connectivity index (χ3n) is 17.9. The van der Waals surface area contributed by atoms with Gasteiger partial charge in [-0.2, -0.15) is 0 Å². The van der Waals surface area contributed by atoms with E-state index < -0.39 is 97.5 Å². The van der Waals surface area contributed by atoms with E-state index in [1.54, 1.807) is 0 Å². The van der Waals surface area contributed by atoms with Crippen molar-refractivity contribution in [2.24, 2.45) is 5.92 Å². The average molecular weight is 1380 g/mol. The van der Waals surface area contributed by atoms with Crippen LogP contribution in [0.25, 0.3) is 0 Å². The summed E-state index contributed by atoms with van der Waals surface area (Å²) in [4.78, 5) is 72.7. The van der Waals surface area contributed by atoms with E-state index in [2.05, 4.69) is 34.6 Å². The number of aliphatic hydroxyl groups excluding tert-OH is 1. The predicted molar refractivity (Wildman–Crippen MR) is 382 cm³/mol. The molecule has 0 fully saturated rings. The van der Waals surface area contributed by atoms with E-state index in [0.717, 1.165) is 102 Å². The first-order chi connectivity index (χ1) is 45.6. The van der Waals surface area contributed by atoms with Crippen LogP contribution in [0.1, 0.15) is 394 Å². The highest BCUT2D eigenvalue weighted by atomic mass is 31.2. The van der Waals surface area contributed by atoms with Crippen molar-refractivity contribution in [3.8, 4) is 0 Å². The SMILES string of the molecule is CCCCCCCCCCCCCCCCCCC(=O)OC[C@H](COP(=O)(O)OC[C@@H](O)COP(=O)(O)OC[C@@H](COC(=O)CCCCCCCCCC)OC(=O)CCCCCCCCCCCCCC)OC(=O)CCCCCCCCCCCCCCCCC(C)CC. The first-order valence-electron chi connectivity index (χ1n) is 39.2. The van der Waals surface area contributed by atoms with Gasteiger partial charge in [0.05, 0.1) is 26.4 Å². The largest absolute Gasteiger partial charge is 0.472 e. The molecule has 6 atom stereocenters.